The largest absolute Gasteiger partial charge is 0.332 e. The third-order valence-corrected chi connectivity index (χ3v) is 1.50. The van der Waals surface area contributed by atoms with Crippen molar-refractivity contribution in [1.29, 1.82) is 0 Å². The van der Waals surface area contributed by atoms with Crippen molar-refractivity contribution in [1.82, 2.24) is 5.23 Å². The normalized spacial score (nSPS) is 22.0. The molecule has 1 aliphatic rings. The highest BCUT2D eigenvalue weighted by Crippen LogP contribution is 2.17. The summed E-state index contributed by atoms with van der Waals surface area (Å²) >= 11 is 0. The topological polar surface area (TPSA) is 38.8 Å². The third-order valence-electron chi connectivity index (χ3n) is 1.50. The minimum Gasteiger partial charge on any atom is -0.316 e. The summed E-state index contributed by atoms with van der Waals surface area (Å²) in [5, 5.41) is 1.09. The summed E-state index contributed by atoms with van der Waals surface area (Å²) in [6, 6.07) is 0. The van der Waals surface area contributed by atoms with Crippen molar-refractivity contribution in [2.24, 2.45) is 5.92 Å². The molecule has 0 N–H and O–H groups in total. The van der Waals surface area contributed by atoms with Gasteiger partial charge < -0.3 is 4.84 Å². The lowest BCUT2D eigenvalue weighted by Crippen LogP contribution is -2.23. The Kier molecular flexibility index (Phi) is 2.70. The fraction of sp³-hybridized carbons (Fsp3) is 0.625. The molecular weight excluding hydrogens is 158 g/mol. The van der Waals surface area contributed by atoms with Crippen molar-refractivity contribution in [3.05, 3.63) is 12.3 Å². The average molecular weight is 171 g/mol. The third kappa shape index (κ3) is 2.23. The predicted molar refractivity (Wildman–Crippen MR) is 42.5 cm³/mol. The van der Waals surface area contributed by atoms with Gasteiger partial charge in [-0.25, -0.2) is 9.63 Å². The van der Waals surface area contributed by atoms with Crippen LogP contribution in [0.25, 0.3) is 0 Å². The van der Waals surface area contributed by atoms with Crippen molar-refractivity contribution in [3.8, 4) is 0 Å². The van der Waals surface area contributed by atoms with Gasteiger partial charge in [0.2, 0.25) is 0 Å². The second-order valence-corrected chi connectivity index (χ2v) is 3.02. The summed E-state index contributed by atoms with van der Waals surface area (Å²) in [5.74, 6) is -0.00846. The fourth-order valence-corrected chi connectivity index (χ4v) is 0.868. The summed E-state index contributed by atoms with van der Waals surface area (Å²) in [6.07, 6.45) is 3.46. The number of hydrogen-bond acceptors (Lipinski definition) is 4. The van der Waals surface area contributed by atoms with Crippen LogP contribution in [0.4, 0.5) is 0 Å². The van der Waals surface area contributed by atoms with Gasteiger partial charge in [-0.2, -0.15) is 0 Å². The van der Waals surface area contributed by atoms with Crippen molar-refractivity contribution in [2.45, 2.75) is 26.9 Å². The Hall–Kier alpha value is -1.03. The van der Waals surface area contributed by atoms with E-state index in [1.807, 2.05) is 19.9 Å². The predicted octanol–water partition coefficient (Wildman–Crippen LogP) is 1.25. The molecule has 0 aromatic heterocycles. The van der Waals surface area contributed by atoms with E-state index in [-0.39, 0.29) is 12.1 Å². The Balaban J connectivity index is 2.37. The molecule has 0 bridgehead atoms. The monoisotopic (exact) mass is 171 g/mol. The van der Waals surface area contributed by atoms with Gasteiger partial charge in [0.05, 0.1) is 6.20 Å². The zero-order valence-corrected chi connectivity index (χ0v) is 7.48. The highest BCUT2D eigenvalue weighted by Gasteiger charge is 2.21. The van der Waals surface area contributed by atoms with Gasteiger partial charge in [-0.15, -0.1) is 0 Å². The average Bonchev–Trinajstić information content (AvgIpc) is 2.34. The Morgan fingerprint density at radius 1 is 1.67 bits per heavy atom. The van der Waals surface area contributed by atoms with E-state index in [1.54, 1.807) is 6.20 Å². The quantitative estimate of drug-likeness (QED) is 0.626. The molecule has 0 saturated carbocycles. The summed E-state index contributed by atoms with van der Waals surface area (Å²) in [5.41, 5.74) is 0. The van der Waals surface area contributed by atoms with Crippen molar-refractivity contribution in [3.63, 3.8) is 0 Å². The van der Waals surface area contributed by atoms with E-state index < -0.39 is 0 Å². The van der Waals surface area contributed by atoms with Gasteiger partial charge in [-0.05, 0) is 12.0 Å². The van der Waals surface area contributed by atoms with Crippen LogP contribution < -0.4 is 0 Å². The van der Waals surface area contributed by atoms with Crippen LogP contribution in [0.2, 0.25) is 0 Å². The maximum atomic E-state index is 10.5. The van der Waals surface area contributed by atoms with E-state index in [0.29, 0.717) is 5.92 Å². The van der Waals surface area contributed by atoms with Crippen LogP contribution in [0, 0.1) is 5.92 Å². The molecule has 0 fully saturated rings. The molecule has 1 heterocycles. The molecule has 68 valence electrons. The summed E-state index contributed by atoms with van der Waals surface area (Å²) < 4.78 is 0. The van der Waals surface area contributed by atoms with Crippen LogP contribution in [-0.4, -0.2) is 17.3 Å². The molecule has 1 aliphatic heterocycles. The second-order valence-electron chi connectivity index (χ2n) is 3.02. The maximum absolute atomic E-state index is 10.5. The highest BCUT2D eigenvalue weighted by atomic mass is 17.0. The molecule has 4 heteroatoms. The molecule has 0 aliphatic carbocycles. The first-order valence-electron chi connectivity index (χ1n) is 3.92. The number of rotatable bonds is 2. The number of carbonyl (C=O) groups excluding carboxylic acids is 1. The smallest absolute Gasteiger partial charge is 0.316 e. The number of hydroxylamine groups is 2. The van der Waals surface area contributed by atoms with Crippen LogP contribution in [0.1, 0.15) is 20.8 Å². The summed E-state index contributed by atoms with van der Waals surface area (Å²) in [6.45, 7) is 5.40. The Morgan fingerprint density at radius 3 is 2.75 bits per heavy atom. The van der Waals surface area contributed by atoms with Gasteiger partial charge in [0, 0.05) is 6.92 Å². The molecule has 0 amide bonds. The number of nitrogens with zero attached hydrogens (tertiary/aromatic N) is 1. The molecule has 4 nitrogen and oxygen atoms in total. The minimum atomic E-state index is -0.385. The molecule has 0 aromatic rings. The summed E-state index contributed by atoms with van der Waals surface area (Å²) in [4.78, 5) is 20.4. The highest BCUT2D eigenvalue weighted by molar-refractivity contribution is 5.65. The van der Waals surface area contributed by atoms with E-state index in [1.165, 1.54) is 6.92 Å². The maximum Gasteiger partial charge on any atom is 0.332 e. The molecule has 0 radical (unpaired) electrons. The standard InChI is InChI=1S/C8H13NO3/c1-6(2)8-4-5-9(12-8)11-7(3)10/h4-6,8H,1-3H3. The molecule has 0 saturated heterocycles. The van der Waals surface area contributed by atoms with Crippen LogP contribution in [0.15, 0.2) is 12.3 Å². The van der Waals surface area contributed by atoms with E-state index >= 15 is 0 Å². The summed E-state index contributed by atoms with van der Waals surface area (Å²) in [7, 11) is 0. The Labute approximate surface area is 71.7 Å². The van der Waals surface area contributed by atoms with Crippen molar-refractivity contribution < 1.29 is 14.5 Å². The van der Waals surface area contributed by atoms with Crippen LogP contribution in [0.5, 0.6) is 0 Å². The van der Waals surface area contributed by atoms with Crippen LogP contribution in [0.3, 0.4) is 0 Å². The molecular formula is C8H13NO3. The van der Waals surface area contributed by atoms with Gasteiger partial charge in [0.25, 0.3) is 0 Å². The zero-order chi connectivity index (χ0) is 9.14. The molecule has 0 spiro atoms. The van der Waals surface area contributed by atoms with Gasteiger partial charge >= 0.3 is 5.97 Å². The van der Waals surface area contributed by atoms with Gasteiger partial charge in [0.15, 0.2) is 0 Å². The first kappa shape index (κ1) is 9.06. The molecule has 0 aromatic carbocycles. The van der Waals surface area contributed by atoms with Crippen LogP contribution in [-0.2, 0) is 14.5 Å². The van der Waals surface area contributed by atoms with Crippen LogP contribution >= 0.6 is 0 Å². The van der Waals surface area contributed by atoms with Crippen molar-refractivity contribution >= 4 is 5.97 Å². The lowest BCUT2D eigenvalue weighted by Gasteiger charge is -2.17. The molecule has 12 heavy (non-hydrogen) atoms. The second kappa shape index (κ2) is 3.58. The van der Waals surface area contributed by atoms with E-state index in [2.05, 4.69) is 4.84 Å². The Bertz CT molecular complexity index is 200. The van der Waals surface area contributed by atoms with Gasteiger partial charge in [-0.3, -0.25) is 0 Å². The first-order valence-corrected chi connectivity index (χ1v) is 3.92. The zero-order valence-electron chi connectivity index (χ0n) is 7.48. The fourth-order valence-electron chi connectivity index (χ4n) is 0.868. The SMILES string of the molecule is CC(=O)ON1C=CC(C(C)C)O1. The lowest BCUT2D eigenvalue weighted by atomic mass is 10.1. The molecule has 1 atom stereocenters. The lowest BCUT2D eigenvalue weighted by molar-refractivity contribution is -0.319. The Morgan fingerprint density at radius 2 is 2.33 bits per heavy atom. The van der Waals surface area contributed by atoms with E-state index in [9.17, 15) is 4.79 Å². The van der Waals surface area contributed by atoms with Gasteiger partial charge in [0.1, 0.15) is 6.10 Å². The molecule has 1 rings (SSSR count). The first-order chi connectivity index (χ1) is 5.59. The van der Waals surface area contributed by atoms with Crippen molar-refractivity contribution in [2.75, 3.05) is 0 Å². The minimum absolute atomic E-state index is 0.00403. The van der Waals surface area contributed by atoms with E-state index in [4.69, 9.17) is 4.84 Å². The van der Waals surface area contributed by atoms with E-state index in [0.717, 1.165) is 5.23 Å². The molecule has 1 unspecified atom stereocenters. The number of carbonyl (C=O) groups is 1. The number of hydrogen-bond donors (Lipinski definition) is 0. The van der Waals surface area contributed by atoms with Gasteiger partial charge in [-0.1, -0.05) is 19.1 Å².